The zero-order chi connectivity index (χ0) is 13.7. The summed E-state index contributed by atoms with van der Waals surface area (Å²) in [5.74, 6) is 0. The van der Waals surface area contributed by atoms with E-state index in [1.54, 1.807) is 0 Å². The lowest BCUT2D eigenvalue weighted by molar-refractivity contribution is -0.0502. The van der Waals surface area contributed by atoms with Crippen molar-refractivity contribution in [2.45, 2.75) is 38.8 Å². The van der Waals surface area contributed by atoms with Gasteiger partial charge in [0.05, 0.1) is 5.60 Å². The van der Waals surface area contributed by atoms with Crippen molar-refractivity contribution in [1.29, 1.82) is 0 Å². The van der Waals surface area contributed by atoms with E-state index in [4.69, 9.17) is 4.74 Å². The minimum Gasteiger partial charge on any atom is -0.377 e. The molecule has 0 saturated carbocycles. The van der Waals surface area contributed by atoms with E-state index >= 15 is 0 Å². The molecule has 1 atom stereocenters. The van der Waals surface area contributed by atoms with Crippen LogP contribution in [0.5, 0.6) is 0 Å². The lowest BCUT2D eigenvalue weighted by Gasteiger charge is -2.39. The third-order valence-corrected chi connectivity index (χ3v) is 5.11. The Kier molecular flexibility index (Phi) is 5.39. The number of rotatable bonds is 6. The first-order valence-electron chi connectivity index (χ1n) is 7.14. The highest BCUT2D eigenvalue weighted by Crippen LogP contribution is 2.23. The van der Waals surface area contributed by atoms with Gasteiger partial charge in [-0.3, -0.25) is 4.90 Å². The van der Waals surface area contributed by atoms with Crippen LogP contribution in [0, 0.1) is 6.92 Å². The van der Waals surface area contributed by atoms with Gasteiger partial charge in [0.1, 0.15) is 0 Å². The number of nitrogens with zero attached hydrogens (tertiary/aromatic N) is 1. The Morgan fingerprint density at radius 3 is 3.05 bits per heavy atom. The number of thiophene rings is 1. The van der Waals surface area contributed by atoms with Gasteiger partial charge in [0.25, 0.3) is 0 Å². The van der Waals surface area contributed by atoms with Crippen LogP contribution in [0.25, 0.3) is 0 Å². The van der Waals surface area contributed by atoms with Crippen LogP contribution in [0.3, 0.4) is 0 Å². The molecule has 1 saturated heterocycles. The van der Waals surface area contributed by atoms with Crippen molar-refractivity contribution in [2.24, 2.45) is 0 Å². The standard InChI is InChI=1S/C15H26N2OS/c1-13-5-10-19-14(13)11-16-7-9-17-8-4-6-15(2,12-17)18-3/h5,10,16H,4,6-9,11-12H2,1-3H3. The molecular formula is C15H26N2OS. The highest BCUT2D eigenvalue weighted by atomic mass is 32.1. The van der Waals surface area contributed by atoms with Crippen LogP contribution in [-0.2, 0) is 11.3 Å². The molecule has 3 nitrogen and oxygen atoms in total. The van der Waals surface area contributed by atoms with Crippen LogP contribution >= 0.6 is 11.3 Å². The number of hydrogen-bond donors (Lipinski definition) is 1. The van der Waals surface area contributed by atoms with Gasteiger partial charge in [-0.1, -0.05) is 0 Å². The summed E-state index contributed by atoms with van der Waals surface area (Å²) in [5.41, 5.74) is 1.46. The van der Waals surface area contributed by atoms with Crippen molar-refractivity contribution in [3.63, 3.8) is 0 Å². The largest absolute Gasteiger partial charge is 0.377 e. The number of likely N-dealkylation sites (tertiary alicyclic amines) is 1. The molecular weight excluding hydrogens is 256 g/mol. The van der Waals surface area contributed by atoms with Crippen molar-refractivity contribution in [3.8, 4) is 0 Å². The first kappa shape index (κ1) is 15.0. The number of methoxy groups -OCH3 is 1. The molecule has 4 heteroatoms. The quantitative estimate of drug-likeness (QED) is 0.812. The molecule has 0 radical (unpaired) electrons. The molecule has 1 unspecified atom stereocenters. The molecule has 1 aliphatic heterocycles. The van der Waals surface area contributed by atoms with Gasteiger partial charge in [-0.25, -0.2) is 0 Å². The average Bonchev–Trinajstić information content (AvgIpc) is 2.81. The van der Waals surface area contributed by atoms with Gasteiger partial charge >= 0.3 is 0 Å². The van der Waals surface area contributed by atoms with E-state index in [-0.39, 0.29) is 5.60 Å². The number of ether oxygens (including phenoxy) is 1. The maximum absolute atomic E-state index is 5.63. The predicted octanol–water partition coefficient (Wildman–Crippen LogP) is 2.65. The minimum atomic E-state index is 0.0581. The van der Waals surface area contributed by atoms with Crippen molar-refractivity contribution < 1.29 is 4.74 Å². The normalized spacial score (nSPS) is 24.8. The molecule has 1 aromatic heterocycles. The first-order valence-corrected chi connectivity index (χ1v) is 8.02. The highest BCUT2D eigenvalue weighted by molar-refractivity contribution is 7.10. The van der Waals surface area contributed by atoms with E-state index in [1.807, 2.05) is 18.4 Å². The zero-order valence-electron chi connectivity index (χ0n) is 12.4. The summed E-state index contributed by atoms with van der Waals surface area (Å²) in [6, 6.07) is 2.19. The third kappa shape index (κ3) is 4.28. The molecule has 1 aliphatic rings. The number of hydrogen-bond acceptors (Lipinski definition) is 4. The van der Waals surface area contributed by atoms with E-state index in [0.717, 1.165) is 26.2 Å². The van der Waals surface area contributed by atoms with Crippen LogP contribution in [-0.4, -0.2) is 43.8 Å². The second-order valence-electron chi connectivity index (χ2n) is 5.74. The Labute approximate surface area is 121 Å². The van der Waals surface area contributed by atoms with E-state index in [1.165, 1.54) is 29.8 Å². The van der Waals surface area contributed by atoms with Gasteiger partial charge in [0.2, 0.25) is 0 Å². The van der Waals surface area contributed by atoms with Gasteiger partial charge in [0, 0.05) is 38.2 Å². The fourth-order valence-corrected chi connectivity index (χ4v) is 3.57. The van der Waals surface area contributed by atoms with E-state index < -0.39 is 0 Å². The number of aryl methyl sites for hydroxylation is 1. The summed E-state index contributed by atoms with van der Waals surface area (Å²) in [6.45, 7) is 9.84. The first-order chi connectivity index (χ1) is 9.13. The van der Waals surface area contributed by atoms with Crippen LogP contribution in [0.2, 0.25) is 0 Å². The SMILES string of the molecule is COC1(C)CCCN(CCNCc2sccc2C)C1. The molecule has 1 fully saturated rings. The molecule has 19 heavy (non-hydrogen) atoms. The molecule has 1 aromatic rings. The van der Waals surface area contributed by atoms with Crippen molar-refractivity contribution in [2.75, 3.05) is 33.3 Å². The van der Waals surface area contributed by atoms with Crippen molar-refractivity contribution in [1.82, 2.24) is 10.2 Å². The Morgan fingerprint density at radius 1 is 1.53 bits per heavy atom. The van der Waals surface area contributed by atoms with Gasteiger partial charge in [0.15, 0.2) is 0 Å². The summed E-state index contributed by atoms with van der Waals surface area (Å²) < 4.78 is 5.63. The number of piperidine rings is 1. The summed E-state index contributed by atoms with van der Waals surface area (Å²) in [7, 11) is 1.83. The highest BCUT2D eigenvalue weighted by Gasteiger charge is 2.30. The van der Waals surface area contributed by atoms with Gasteiger partial charge in [-0.05, 0) is 50.2 Å². The lowest BCUT2D eigenvalue weighted by Crippen LogP contribution is -2.48. The summed E-state index contributed by atoms with van der Waals surface area (Å²) >= 11 is 1.84. The van der Waals surface area contributed by atoms with Crippen LogP contribution in [0.1, 0.15) is 30.2 Å². The molecule has 0 bridgehead atoms. The van der Waals surface area contributed by atoms with Gasteiger partial charge in [-0.2, -0.15) is 0 Å². The second kappa shape index (κ2) is 6.84. The zero-order valence-corrected chi connectivity index (χ0v) is 13.2. The van der Waals surface area contributed by atoms with Crippen LogP contribution in [0.4, 0.5) is 0 Å². The lowest BCUT2D eigenvalue weighted by atomic mass is 9.95. The van der Waals surface area contributed by atoms with Gasteiger partial charge < -0.3 is 10.1 Å². The van der Waals surface area contributed by atoms with Crippen molar-refractivity contribution in [3.05, 3.63) is 21.9 Å². The Hall–Kier alpha value is -0.420. The summed E-state index contributed by atoms with van der Waals surface area (Å²) in [6.07, 6.45) is 2.43. The molecule has 0 aliphatic carbocycles. The van der Waals surface area contributed by atoms with E-state index in [0.29, 0.717) is 0 Å². The number of nitrogens with one attached hydrogen (secondary N) is 1. The summed E-state index contributed by atoms with van der Waals surface area (Å²) in [4.78, 5) is 3.97. The molecule has 2 rings (SSSR count). The van der Waals surface area contributed by atoms with Gasteiger partial charge in [-0.15, -0.1) is 11.3 Å². The molecule has 0 amide bonds. The Balaban J connectivity index is 1.67. The molecule has 108 valence electrons. The second-order valence-corrected chi connectivity index (χ2v) is 6.74. The van der Waals surface area contributed by atoms with E-state index in [2.05, 4.69) is 35.5 Å². The third-order valence-electron chi connectivity index (χ3n) is 4.09. The fourth-order valence-electron chi connectivity index (χ4n) is 2.69. The predicted molar refractivity (Wildman–Crippen MR) is 81.9 cm³/mol. The molecule has 0 aromatic carbocycles. The smallest absolute Gasteiger partial charge is 0.0777 e. The van der Waals surface area contributed by atoms with Crippen molar-refractivity contribution >= 4 is 11.3 Å². The Bertz CT molecular complexity index is 393. The fraction of sp³-hybridized carbons (Fsp3) is 0.733. The van der Waals surface area contributed by atoms with Crippen LogP contribution in [0.15, 0.2) is 11.4 Å². The maximum atomic E-state index is 5.63. The summed E-state index contributed by atoms with van der Waals surface area (Å²) in [5, 5.41) is 5.72. The molecule has 2 heterocycles. The minimum absolute atomic E-state index is 0.0581. The topological polar surface area (TPSA) is 24.5 Å². The monoisotopic (exact) mass is 282 g/mol. The average molecular weight is 282 g/mol. The molecule has 1 N–H and O–H groups in total. The maximum Gasteiger partial charge on any atom is 0.0777 e. The Morgan fingerprint density at radius 2 is 2.37 bits per heavy atom. The van der Waals surface area contributed by atoms with Crippen LogP contribution < -0.4 is 5.32 Å². The van der Waals surface area contributed by atoms with E-state index in [9.17, 15) is 0 Å². The molecule has 0 spiro atoms.